The Morgan fingerprint density at radius 3 is 2.63 bits per heavy atom. The summed E-state index contributed by atoms with van der Waals surface area (Å²) in [7, 11) is 0. The van der Waals surface area contributed by atoms with Gasteiger partial charge in [-0.05, 0) is 25.5 Å². The quantitative estimate of drug-likeness (QED) is 0.898. The van der Waals surface area contributed by atoms with Crippen LogP contribution < -0.4 is 4.90 Å². The van der Waals surface area contributed by atoms with Gasteiger partial charge in [0.15, 0.2) is 0 Å². The molecule has 0 aliphatic rings. The van der Waals surface area contributed by atoms with Crippen molar-refractivity contribution in [1.29, 1.82) is 0 Å². The Labute approximate surface area is 108 Å². The van der Waals surface area contributed by atoms with E-state index in [4.69, 9.17) is 5.11 Å². The summed E-state index contributed by atoms with van der Waals surface area (Å²) in [5.74, 6) is -1.54. The molecule has 0 saturated heterocycles. The van der Waals surface area contributed by atoms with Crippen molar-refractivity contribution in [3.8, 4) is 0 Å². The summed E-state index contributed by atoms with van der Waals surface area (Å²) in [5, 5.41) is 8.83. The molecule has 0 radical (unpaired) electrons. The van der Waals surface area contributed by atoms with Gasteiger partial charge in [0.05, 0.1) is 5.56 Å². The maximum Gasteiger partial charge on any atom is 0.419 e. The third-order valence-corrected chi connectivity index (χ3v) is 2.79. The monoisotopic (exact) mass is 276 g/mol. The van der Waals surface area contributed by atoms with E-state index in [-0.39, 0.29) is 11.9 Å². The molecule has 1 aromatic rings. The number of aliphatic carboxylic acids is 1. The minimum absolute atomic E-state index is 0.341. The third-order valence-electron chi connectivity index (χ3n) is 2.79. The summed E-state index contributed by atoms with van der Waals surface area (Å²) in [4.78, 5) is 15.7. The summed E-state index contributed by atoms with van der Waals surface area (Å²) >= 11 is 0. The first-order chi connectivity index (χ1) is 8.77. The van der Waals surface area contributed by atoms with E-state index in [1.807, 2.05) is 0 Å². The third kappa shape index (κ3) is 3.84. The molecule has 0 saturated carbocycles. The number of pyridine rings is 1. The fourth-order valence-electron chi connectivity index (χ4n) is 1.65. The molecule has 1 N–H and O–H groups in total. The minimum atomic E-state index is -4.56. The molecule has 1 rings (SSSR count). The number of carboxylic acid groups (broad SMARTS) is 1. The second-order valence-electron chi connectivity index (χ2n) is 4.15. The number of hydrogen-bond acceptors (Lipinski definition) is 3. The van der Waals surface area contributed by atoms with Crippen LogP contribution >= 0.6 is 0 Å². The highest BCUT2D eigenvalue weighted by molar-refractivity contribution is 5.74. The normalized spacial score (nSPS) is 13.1. The molecular formula is C12H15F3N2O2. The van der Waals surface area contributed by atoms with Crippen LogP contribution in [0.15, 0.2) is 18.3 Å². The van der Waals surface area contributed by atoms with Crippen LogP contribution in [0.2, 0.25) is 0 Å². The number of halogens is 3. The summed E-state index contributed by atoms with van der Waals surface area (Å²) in [6.45, 7) is 2.92. The molecule has 7 heteroatoms. The molecule has 0 bridgehead atoms. The summed E-state index contributed by atoms with van der Waals surface area (Å²) in [5.41, 5.74) is -0.920. The van der Waals surface area contributed by atoms with E-state index in [9.17, 15) is 18.0 Å². The van der Waals surface area contributed by atoms with Crippen LogP contribution in [-0.4, -0.2) is 28.6 Å². The first-order valence-corrected chi connectivity index (χ1v) is 5.78. The lowest BCUT2D eigenvalue weighted by molar-refractivity contribution is -0.138. The lowest BCUT2D eigenvalue weighted by Crippen LogP contribution is -2.39. The van der Waals surface area contributed by atoms with Crippen LogP contribution in [0.1, 0.15) is 25.8 Å². The van der Waals surface area contributed by atoms with Gasteiger partial charge in [-0.2, -0.15) is 13.2 Å². The van der Waals surface area contributed by atoms with E-state index in [2.05, 4.69) is 4.98 Å². The molecule has 19 heavy (non-hydrogen) atoms. The Hall–Kier alpha value is -1.79. The molecule has 1 atom stereocenters. The first kappa shape index (κ1) is 15.3. The molecule has 1 unspecified atom stereocenters. The zero-order chi connectivity index (χ0) is 14.6. The molecule has 0 aromatic carbocycles. The molecule has 0 fully saturated rings. The molecular weight excluding hydrogens is 261 g/mol. The SMILES string of the molecule is CCC(C)N(CC(=O)O)c1ncccc1C(F)(F)F. The molecule has 106 valence electrons. The van der Waals surface area contributed by atoms with Crippen LogP contribution in [-0.2, 0) is 11.0 Å². The smallest absolute Gasteiger partial charge is 0.419 e. The molecule has 1 aromatic heterocycles. The first-order valence-electron chi connectivity index (χ1n) is 5.78. The van der Waals surface area contributed by atoms with Crippen molar-refractivity contribution in [2.45, 2.75) is 32.5 Å². The molecule has 1 heterocycles. The van der Waals surface area contributed by atoms with Crippen LogP contribution in [0.4, 0.5) is 19.0 Å². The Morgan fingerprint density at radius 1 is 1.53 bits per heavy atom. The van der Waals surface area contributed by atoms with Crippen LogP contribution in [0.5, 0.6) is 0 Å². The number of alkyl halides is 3. The number of hydrogen-bond donors (Lipinski definition) is 1. The van der Waals surface area contributed by atoms with Gasteiger partial charge in [0.2, 0.25) is 0 Å². The maximum absolute atomic E-state index is 12.9. The topological polar surface area (TPSA) is 53.4 Å². The van der Waals surface area contributed by atoms with E-state index in [0.29, 0.717) is 6.42 Å². The number of carbonyl (C=O) groups is 1. The van der Waals surface area contributed by atoms with Gasteiger partial charge in [-0.15, -0.1) is 0 Å². The van der Waals surface area contributed by atoms with Crippen molar-refractivity contribution >= 4 is 11.8 Å². The summed E-state index contributed by atoms with van der Waals surface area (Å²) < 4.78 is 38.7. The van der Waals surface area contributed by atoms with Crippen LogP contribution in [0, 0.1) is 0 Å². The second-order valence-corrected chi connectivity index (χ2v) is 4.15. The molecule has 0 aliphatic heterocycles. The molecule has 0 spiro atoms. The summed E-state index contributed by atoms with van der Waals surface area (Å²) in [6.07, 6.45) is -2.82. The fraction of sp³-hybridized carbons (Fsp3) is 0.500. The fourth-order valence-corrected chi connectivity index (χ4v) is 1.65. The van der Waals surface area contributed by atoms with Gasteiger partial charge >= 0.3 is 12.1 Å². The second kappa shape index (κ2) is 5.90. The van der Waals surface area contributed by atoms with Gasteiger partial charge in [0.25, 0.3) is 0 Å². The Morgan fingerprint density at radius 2 is 2.16 bits per heavy atom. The highest BCUT2D eigenvalue weighted by Gasteiger charge is 2.36. The Balaban J connectivity index is 3.26. The van der Waals surface area contributed by atoms with E-state index in [1.54, 1.807) is 13.8 Å². The van der Waals surface area contributed by atoms with Gasteiger partial charge < -0.3 is 10.0 Å². The van der Waals surface area contributed by atoms with Crippen molar-refractivity contribution in [3.63, 3.8) is 0 Å². The molecule has 4 nitrogen and oxygen atoms in total. The van der Waals surface area contributed by atoms with Crippen molar-refractivity contribution in [1.82, 2.24) is 4.98 Å². The van der Waals surface area contributed by atoms with Crippen LogP contribution in [0.3, 0.4) is 0 Å². The minimum Gasteiger partial charge on any atom is -0.480 e. The van der Waals surface area contributed by atoms with Gasteiger partial charge in [0.1, 0.15) is 12.4 Å². The van der Waals surface area contributed by atoms with Gasteiger partial charge in [-0.3, -0.25) is 4.79 Å². The number of aromatic nitrogens is 1. The standard InChI is InChI=1S/C12H15F3N2O2/c1-3-8(2)17(7-10(18)19)11-9(12(13,14)15)5-4-6-16-11/h4-6,8H,3,7H2,1-2H3,(H,18,19). The lowest BCUT2D eigenvalue weighted by Gasteiger charge is -2.30. The van der Waals surface area contributed by atoms with E-state index < -0.39 is 24.3 Å². The van der Waals surface area contributed by atoms with Gasteiger partial charge in [-0.1, -0.05) is 6.92 Å². The number of rotatable bonds is 5. The van der Waals surface area contributed by atoms with Crippen molar-refractivity contribution in [3.05, 3.63) is 23.9 Å². The molecule has 0 amide bonds. The number of anilines is 1. The van der Waals surface area contributed by atoms with E-state index in [1.165, 1.54) is 12.3 Å². The van der Waals surface area contributed by atoms with E-state index >= 15 is 0 Å². The zero-order valence-corrected chi connectivity index (χ0v) is 10.6. The molecule has 0 aliphatic carbocycles. The Bertz CT molecular complexity index is 449. The van der Waals surface area contributed by atoms with Crippen molar-refractivity contribution in [2.75, 3.05) is 11.4 Å². The zero-order valence-electron chi connectivity index (χ0n) is 10.6. The Kier molecular flexibility index (Phi) is 4.74. The van der Waals surface area contributed by atoms with Gasteiger partial charge in [-0.25, -0.2) is 4.98 Å². The number of carboxylic acids is 1. The largest absolute Gasteiger partial charge is 0.480 e. The van der Waals surface area contributed by atoms with E-state index in [0.717, 1.165) is 11.0 Å². The van der Waals surface area contributed by atoms with Gasteiger partial charge in [0, 0.05) is 12.2 Å². The predicted octanol–water partition coefficient (Wildman–Crippen LogP) is 2.79. The van der Waals surface area contributed by atoms with Crippen molar-refractivity contribution in [2.24, 2.45) is 0 Å². The maximum atomic E-state index is 12.9. The van der Waals surface area contributed by atoms with Crippen LogP contribution in [0.25, 0.3) is 0 Å². The number of nitrogens with zero attached hydrogens (tertiary/aromatic N) is 2. The summed E-state index contributed by atoms with van der Waals surface area (Å²) in [6, 6.07) is 1.73. The van der Waals surface area contributed by atoms with Crippen molar-refractivity contribution < 1.29 is 23.1 Å². The highest BCUT2D eigenvalue weighted by atomic mass is 19.4. The highest BCUT2D eigenvalue weighted by Crippen LogP contribution is 2.35. The predicted molar refractivity (Wildman–Crippen MR) is 64.0 cm³/mol. The lowest BCUT2D eigenvalue weighted by atomic mass is 10.1. The average molecular weight is 276 g/mol. The average Bonchev–Trinajstić information content (AvgIpc) is 2.34.